The molecule has 1 fully saturated rings. The Morgan fingerprint density at radius 3 is 2.63 bits per heavy atom. The quantitative estimate of drug-likeness (QED) is 0.412. The fourth-order valence-electron chi connectivity index (χ4n) is 3.56. The first-order chi connectivity index (χ1) is 16.9. The van der Waals surface area contributed by atoms with Gasteiger partial charge in [-0.25, -0.2) is 9.97 Å². The van der Waals surface area contributed by atoms with Crippen LogP contribution in [-0.2, 0) is 11.2 Å². The predicted octanol–water partition coefficient (Wildman–Crippen LogP) is 3.50. The van der Waals surface area contributed by atoms with Gasteiger partial charge in [0.1, 0.15) is 23.9 Å². The molecule has 11 heteroatoms. The number of carbonyl (C=O) groups is 2. The second kappa shape index (κ2) is 11.5. The van der Waals surface area contributed by atoms with Gasteiger partial charge in [0.25, 0.3) is 11.8 Å². The van der Waals surface area contributed by atoms with E-state index in [0.29, 0.717) is 21.5 Å². The summed E-state index contributed by atoms with van der Waals surface area (Å²) in [5.41, 5.74) is 0.511. The molecule has 0 spiro atoms. The first-order valence-corrected chi connectivity index (χ1v) is 12.9. The van der Waals surface area contributed by atoms with E-state index in [9.17, 15) is 14.1 Å². The van der Waals surface area contributed by atoms with Crippen molar-refractivity contribution in [3.8, 4) is 5.75 Å². The van der Waals surface area contributed by atoms with Crippen LogP contribution in [0, 0.1) is 0 Å². The summed E-state index contributed by atoms with van der Waals surface area (Å²) >= 11 is 4.60. The third-order valence-corrected chi connectivity index (χ3v) is 6.49. The van der Waals surface area contributed by atoms with Crippen LogP contribution in [0.3, 0.4) is 0 Å². The number of anilines is 2. The van der Waals surface area contributed by atoms with Crippen LogP contribution in [0.2, 0.25) is 5.02 Å². The Hall–Kier alpha value is -3.18. The number of pyridine rings is 2. The molecule has 0 radical (unpaired) electrons. The van der Waals surface area contributed by atoms with Gasteiger partial charge in [0.05, 0.1) is 16.3 Å². The maximum Gasteiger partial charge on any atom is 0.277 e. The Kier molecular flexibility index (Phi) is 8.19. The van der Waals surface area contributed by atoms with Crippen molar-refractivity contribution < 1.29 is 18.9 Å². The lowest BCUT2D eigenvalue weighted by Crippen LogP contribution is -2.34. The molecule has 1 aliphatic rings. The first kappa shape index (κ1) is 24.9. The standard InChI is InChI=1S/C24H24ClN5O4S/c1-35(33)17-5-6-18(20(13-17)34-16-8-11-26-12-9-16)23(31)29-19-3-2-10-27-22(19)24(32)30-21-7-4-15(25)14-28-21/h2-7,10,13-14,16,26H,8-9,11-12H2,1H3,(H,29,31)(H,28,30,32). The minimum Gasteiger partial charge on any atom is -0.612 e. The summed E-state index contributed by atoms with van der Waals surface area (Å²) in [5.74, 6) is -0.377. The summed E-state index contributed by atoms with van der Waals surface area (Å²) in [6, 6.07) is 11.2. The number of benzene rings is 1. The lowest BCUT2D eigenvalue weighted by atomic mass is 10.1. The highest BCUT2D eigenvalue weighted by Crippen LogP contribution is 2.27. The predicted molar refractivity (Wildman–Crippen MR) is 135 cm³/mol. The molecular formula is C24H24ClN5O4S. The van der Waals surface area contributed by atoms with Crippen molar-refractivity contribution in [1.29, 1.82) is 0 Å². The SMILES string of the molecule is C[S+]([O-])c1ccc(C(=O)Nc2cccnc2C(=O)Nc2ccc(Cl)cn2)c(OC2CCNCC2)c1. The Morgan fingerprint density at radius 2 is 1.91 bits per heavy atom. The van der Waals surface area contributed by atoms with Gasteiger partial charge in [0.2, 0.25) is 0 Å². The van der Waals surface area contributed by atoms with E-state index in [1.54, 1.807) is 48.7 Å². The Balaban J connectivity index is 1.56. The van der Waals surface area contributed by atoms with Gasteiger partial charge in [-0.1, -0.05) is 11.6 Å². The summed E-state index contributed by atoms with van der Waals surface area (Å²) in [6.07, 6.45) is 5.97. The zero-order valence-electron chi connectivity index (χ0n) is 18.9. The van der Waals surface area contributed by atoms with Crippen molar-refractivity contribution in [2.24, 2.45) is 0 Å². The van der Waals surface area contributed by atoms with Crippen molar-refractivity contribution in [3.05, 3.63) is 71.1 Å². The molecule has 182 valence electrons. The number of halogens is 1. The lowest BCUT2D eigenvalue weighted by Gasteiger charge is -2.25. The van der Waals surface area contributed by atoms with Crippen LogP contribution in [0.4, 0.5) is 11.5 Å². The monoisotopic (exact) mass is 513 g/mol. The number of aromatic nitrogens is 2. The number of nitrogens with one attached hydrogen (secondary N) is 3. The molecule has 0 bridgehead atoms. The van der Waals surface area contributed by atoms with Gasteiger partial charge in [0, 0.05) is 18.5 Å². The van der Waals surface area contributed by atoms with Crippen LogP contribution in [0.5, 0.6) is 5.75 Å². The highest BCUT2D eigenvalue weighted by atomic mass is 35.5. The fraction of sp³-hybridized carbons (Fsp3) is 0.250. The molecule has 1 aliphatic heterocycles. The van der Waals surface area contributed by atoms with Gasteiger partial charge in [-0.2, -0.15) is 0 Å². The second-order valence-electron chi connectivity index (χ2n) is 7.85. The van der Waals surface area contributed by atoms with E-state index in [-0.39, 0.29) is 23.0 Å². The average molecular weight is 514 g/mol. The fourth-order valence-corrected chi connectivity index (χ4v) is 4.21. The van der Waals surface area contributed by atoms with Gasteiger partial charge in [-0.15, -0.1) is 0 Å². The largest absolute Gasteiger partial charge is 0.612 e. The molecule has 0 saturated carbocycles. The van der Waals surface area contributed by atoms with Crippen LogP contribution in [0.1, 0.15) is 33.7 Å². The smallest absolute Gasteiger partial charge is 0.277 e. The van der Waals surface area contributed by atoms with E-state index >= 15 is 0 Å². The summed E-state index contributed by atoms with van der Waals surface area (Å²) in [7, 11) is 0. The van der Waals surface area contributed by atoms with Gasteiger partial charge in [-0.3, -0.25) is 9.59 Å². The Labute approximate surface area is 210 Å². The number of nitrogens with zero attached hydrogens (tertiary/aromatic N) is 2. The summed E-state index contributed by atoms with van der Waals surface area (Å²) < 4.78 is 18.2. The Bertz CT molecular complexity index is 1200. The maximum absolute atomic E-state index is 13.3. The highest BCUT2D eigenvalue weighted by molar-refractivity contribution is 7.90. The van der Waals surface area contributed by atoms with Crippen molar-refractivity contribution >= 4 is 46.1 Å². The summed E-state index contributed by atoms with van der Waals surface area (Å²) in [6.45, 7) is 1.64. The highest BCUT2D eigenvalue weighted by Gasteiger charge is 2.23. The van der Waals surface area contributed by atoms with E-state index in [0.717, 1.165) is 25.9 Å². The molecule has 2 amide bonds. The van der Waals surface area contributed by atoms with Crippen molar-refractivity contribution in [2.75, 3.05) is 30.0 Å². The lowest BCUT2D eigenvalue weighted by molar-refractivity contribution is 0.101. The first-order valence-electron chi connectivity index (χ1n) is 10.9. The molecule has 4 rings (SSSR count). The molecule has 1 aromatic carbocycles. The van der Waals surface area contributed by atoms with Crippen LogP contribution < -0.4 is 20.7 Å². The molecule has 1 saturated heterocycles. The van der Waals surface area contributed by atoms with E-state index in [1.807, 2.05) is 0 Å². The van der Waals surface area contributed by atoms with Crippen molar-refractivity contribution in [2.45, 2.75) is 23.8 Å². The minimum absolute atomic E-state index is 0.0182. The van der Waals surface area contributed by atoms with Gasteiger partial charge in [0.15, 0.2) is 10.6 Å². The topological polar surface area (TPSA) is 128 Å². The van der Waals surface area contributed by atoms with Gasteiger partial charge < -0.3 is 25.2 Å². The molecule has 3 heterocycles. The number of piperidine rings is 1. The van der Waals surface area contributed by atoms with Crippen LogP contribution in [0.15, 0.2) is 59.8 Å². The molecule has 2 aromatic heterocycles. The maximum atomic E-state index is 13.3. The second-order valence-corrected chi connectivity index (χ2v) is 9.66. The number of hydrogen-bond donors (Lipinski definition) is 3. The van der Waals surface area contributed by atoms with Crippen LogP contribution >= 0.6 is 11.6 Å². The molecule has 3 aromatic rings. The average Bonchev–Trinajstić information content (AvgIpc) is 2.86. The van der Waals surface area contributed by atoms with Crippen molar-refractivity contribution in [3.63, 3.8) is 0 Å². The number of carbonyl (C=O) groups excluding carboxylic acids is 2. The van der Waals surface area contributed by atoms with E-state index < -0.39 is 23.0 Å². The van der Waals surface area contributed by atoms with Crippen LogP contribution in [-0.4, -0.2) is 51.8 Å². The number of hydrogen-bond acceptors (Lipinski definition) is 7. The van der Waals surface area contributed by atoms with Crippen LogP contribution in [0.25, 0.3) is 0 Å². The minimum atomic E-state index is -1.24. The number of ether oxygens (including phenoxy) is 1. The Morgan fingerprint density at radius 1 is 1.11 bits per heavy atom. The zero-order valence-corrected chi connectivity index (χ0v) is 20.5. The molecule has 9 nitrogen and oxygen atoms in total. The van der Waals surface area contributed by atoms with Crippen molar-refractivity contribution in [1.82, 2.24) is 15.3 Å². The third kappa shape index (κ3) is 6.49. The normalized spacial score (nSPS) is 14.7. The van der Waals surface area contributed by atoms with Gasteiger partial charge >= 0.3 is 0 Å². The molecule has 1 unspecified atom stereocenters. The molecule has 0 aliphatic carbocycles. The molecule has 3 N–H and O–H groups in total. The van der Waals surface area contributed by atoms with E-state index in [2.05, 4.69) is 25.9 Å². The zero-order chi connectivity index (χ0) is 24.8. The third-order valence-electron chi connectivity index (χ3n) is 5.35. The van der Waals surface area contributed by atoms with E-state index in [1.165, 1.54) is 12.4 Å². The molecule has 35 heavy (non-hydrogen) atoms. The number of amides is 2. The molecule has 1 atom stereocenters. The summed E-state index contributed by atoms with van der Waals surface area (Å²) in [5, 5.41) is 9.11. The summed E-state index contributed by atoms with van der Waals surface area (Å²) in [4.78, 5) is 34.8. The van der Waals surface area contributed by atoms with E-state index in [4.69, 9.17) is 16.3 Å². The molecular weight excluding hydrogens is 490 g/mol. The van der Waals surface area contributed by atoms with Gasteiger partial charge in [-0.05, 0) is 73.5 Å². The number of rotatable bonds is 7.